The molecule has 1 atom stereocenters. The number of rotatable bonds is 9. The van der Waals surface area contributed by atoms with Gasteiger partial charge >= 0.3 is 5.97 Å². The number of ether oxygens (including phenoxy) is 1. The maximum absolute atomic E-state index is 12.6. The number of amides is 2. The Balaban J connectivity index is 1.58. The molecule has 0 aliphatic heterocycles. The van der Waals surface area contributed by atoms with Gasteiger partial charge in [-0.2, -0.15) is 0 Å². The third kappa shape index (κ3) is 7.37. The van der Waals surface area contributed by atoms with Gasteiger partial charge in [-0.05, 0) is 54.4 Å². The van der Waals surface area contributed by atoms with Crippen LogP contribution in [0.3, 0.4) is 0 Å². The van der Waals surface area contributed by atoms with E-state index in [1.807, 2.05) is 24.3 Å². The van der Waals surface area contributed by atoms with Gasteiger partial charge in [0.2, 0.25) is 0 Å². The minimum Gasteiger partial charge on any atom is -0.454 e. The molecule has 0 saturated carbocycles. The van der Waals surface area contributed by atoms with Gasteiger partial charge in [0.1, 0.15) is 6.04 Å². The Morgan fingerprint density at radius 1 is 0.912 bits per heavy atom. The van der Waals surface area contributed by atoms with Crippen LogP contribution in [0.25, 0.3) is 0 Å². The number of nitrogens with one attached hydrogen (secondary N) is 2. The molecular formula is C26H25ClN2O4S. The fourth-order valence-corrected chi connectivity index (χ4v) is 4.04. The van der Waals surface area contributed by atoms with Gasteiger partial charge in [-0.15, -0.1) is 0 Å². The molecule has 0 aromatic heterocycles. The smallest absolute Gasteiger partial charge is 0.329 e. The number of anilines is 1. The van der Waals surface area contributed by atoms with Crippen molar-refractivity contribution >= 4 is 46.8 Å². The van der Waals surface area contributed by atoms with E-state index in [-0.39, 0.29) is 11.8 Å². The van der Waals surface area contributed by atoms with E-state index in [0.717, 1.165) is 9.79 Å². The van der Waals surface area contributed by atoms with E-state index in [9.17, 15) is 14.4 Å². The molecule has 34 heavy (non-hydrogen) atoms. The second-order valence-electron chi connectivity index (χ2n) is 7.77. The Hall–Kier alpha value is -3.29. The van der Waals surface area contributed by atoms with Gasteiger partial charge in [0.25, 0.3) is 11.8 Å². The van der Waals surface area contributed by atoms with Crippen LogP contribution in [0, 0.1) is 5.92 Å². The van der Waals surface area contributed by atoms with Crippen molar-refractivity contribution in [3.8, 4) is 0 Å². The summed E-state index contributed by atoms with van der Waals surface area (Å²) in [6.45, 7) is 3.12. The van der Waals surface area contributed by atoms with E-state index in [1.165, 1.54) is 11.8 Å². The topological polar surface area (TPSA) is 84.5 Å². The second-order valence-corrected chi connectivity index (χ2v) is 9.32. The third-order valence-corrected chi connectivity index (χ3v) is 6.13. The van der Waals surface area contributed by atoms with Crippen LogP contribution in [0.4, 0.5) is 5.69 Å². The van der Waals surface area contributed by atoms with Gasteiger partial charge in [0.05, 0.1) is 5.69 Å². The molecule has 0 bridgehead atoms. The Morgan fingerprint density at radius 2 is 1.56 bits per heavy atom. The number of halogens is 1. The zero-order valence-electron chi connectivity index (χ0n) is 18.8. The molecule has 0 spiro atoms. The number of carbonyl (C=O) groups is 3. The summed E-state index contributed by atoms with van der Waals surface area (Å²) in [5.74, 6) is -1.75. The monoisotopic (exact) mass is 496 g/mol. The van der Waals surface area contributed by atoms with E-state index in [2.05, 4.69) is 10.6 Å². The molecule has 0 fully saturated rings. The van der Waals surface area contributed by atoms with Crippen molar-refractivity contribution in [1.82, 2.24) is 5.32 Å². The lowest BCUT2D eigenvalue weighted by Gasteiger charge is -2.21. The highest BCUT2D eigenvalue weighted by molar-refractivity contribution is 7.99. The van der Waals surface area contributed by atoms with Gasteiger partial charge in [-0.3, -0.25) is 9.59 Å². The van der Waals surface area contributed by atoms with Crippen LogP contribution in [0.15, 0.2) is 88.7 Å². The zero-order chi connectivity index (χ0) is 24.5. The highest BCUT2D eigenvalue weighted by atomic mass is 35.5. The van der Waals surface area contributed by atoms with Crippen molar-refractivity contribution in [3.05, 3.63) is 89.4 Å². The number of carbonyl (C=O) groups excluding carboxylic acids is 3. The van der Waals surface area contributed by atoms with Crippen LogP contribution in [0.1, 0.15) is 24.2 Å². The lowest BCUT2D eigenvalue weighted by atomic mass is 10.0. The summed E-state index contributed by atoms with van der Waals surface area (Å²) in [7, 11) is 0. The lowest BCUT2D eigenvalue weighted by molar-refractivity contribution is -0.150. The van der Waals surface area contributed by atoms with Crippen LogP contribution >= 0.6 is 23.4 Å². The first kappa shape index (κ1) is 25.3. The lowest BCUT2D eigenvalue weighted by Crippen LogP contribution is -2.45. The molecule has 3 aromatic carbocycles. The minimum absolute atomic E-state index is 0.222. The number of hydrogen-bond donors (Lipinski definition) is 2. The molecule has 3 rings (SSSR count). The van der Waals surface area contributed by atoms with Crippen molar-refractivity contribution in [2.24, 2.45) is 5.92 Å². The summed E-state index contributed by atoms with van der Waals surface area (Å²) in [5, 5.41) is 6.12. The quantitative estimate of drug-likeness (QED) is 0.386. The Kier molecular flexibility index (Phi) is 9.13. The molecule has 0 heterocycles. The summed E-state index contributed by atoms with van der Waals surface area (Å²) in [6.07, 6.45) is 0. The first-order chi connectivity index (χ1) is 16.3. The van der Waals surface area contributed by atoms with E-state index >= 15 is 0 Å². The summed E-state index contributed by atoms with van der Waals surface area (Å²) in [6, 6.07) is 22.4. The molecule has 3 aromatic rings. The van der Waals surface area contributed by atoms with Crippen molar-refractivity contribution in [2.75, 3.05) is 11.9 Å². The molecule has 2 amide bonds. The van der Waals surface area contributed by atoms with Crippen molar-refractivity contribution in [2.45, 2.75) is 29.7 Å². The number of hydrogen-bond acceptors (Lipinski definition) is 5. The van der Waals surface area contributed by atoms with Crippen LogP contribution in [-0.2, 0) is 14.3 Å². The van der Waals surface area contributed by atoms with E-state index in [0.29, 0.717) is 16.3 Å². The van der Waals surface area contributed by atoms with Crippen LogP contribution < -0.4 is 10.6 Å². The second kappa shape index (κ2) is 12.3. The molecule has 0 unspecified atom stereocenters. The van der Waals surface area contributed by atoms with Gasteiger partial charge in [-0.1, -0.05) is 67.5 Å². The van der Waals surface area contributed by atoms with Crippen LogP contribution in [0.5, 0.6) is 0 Å². The first-order valence-electron chi connectivity index (χ1n) is 10.7. The standard InChI is InChI=1S/C26H25ClN2O4S/c1-17(2)24(29-25(31)18-8-4-3-5-9-18)26(32)33-16-23(30)28-21-10-6-7-11-22(21)34-20-14-12-19(27)13-15-20/h3-15,17,24H,16H2,1-2H3,(H,28,30)(H,29,31)/t24-/m1/s1. The van der Waals surface area contributed by atoms with Gasteiger partial charge in [0, 0.05) is 20.4 Å². The van der Waals surface area contributed by atoms with Crippen LogP contribution in [0.2, 0.25) is 5.02 Å². The van der Waals surface area contributed by atoms with Gasteiger partial charge < -0.3 is 15.4 Å². The first-order valence-corrected chi connectivity index (χ1v) is 11.9. The Labute approximate surface area is 208 Å². The zero-order valence-corrected chi connectivity index (χ0v) is 20.4. The fraction of sp³-hybridized carbons (Fsp3) is 0.192. The van der Waals surface area contributed by atoms with Gasteiger partial charge in [-0.25, -0.2) is 4.79 Å². The number of esters is 1. The molecule has 0 saturated heterocycles. The predicted octanol–water partition coefficient (Wildman–Crippen LogP) is 5.43. The van der Waals surface area contributed by atoms with E-state index in [4.69, 9.17) is 16.3 Å². The Bertz CT molecular complexity index is 1140. The molecule has 0 radical (unpaired) electrons. The maximum atomic E-state index is 12.6. The molecule has 0 aliphatic carbocycles. The molecule has 2 N–H and O–H groups in total. The molecule has 176 valence electrons. The predicted molar refractivity (Wildman–Crippen MR) is 134 cm³/mol. The van der Waals surface area contributed by atoms with E-state index < -0.39 is 24.5 Å². The van der Waals surface area contributed by atoms with Crippen molar-refractivity contribution in [3.63, 3.8) is 0 Å². The van der Waals surface area contributed by atoms with Crippen molar-refractivity contribution < 1.29 is 19.1 Å². The minimum atomic E-state index is -0.881. The Morgan fingerprint density at radius 3 is 2.24 bits per heavy atom. The molecule has 8 heteroatoms. The largest absolute Gasteiger partial charge is 0.454 e. The molecular weight excluding hydrogens is 472 g/mol. The molecule has 0 aliphatic rings. The molecule has 6 nitrogen and oxygen atoms in total. The SMILES string of the molecule is CC(C)[C@@H](NC(=O)c1ccccc1)C(=O)OCC(=O)Nc1ccccc1Sc1ccc(Cl)cc1. The van der Waals surface area contributed by atoms with Crippen molar-refractivity contribution in [1.29, 1.82) is 0 Å². The summed E-state index contributed by atoms with van der Waals surface area (Å²) < 4.78 is 5.22. The average Bonchev–Trinajstić information content (AvgIpc) is 2.84. The summed E-state index contributed by atoms with van der Waals surface area (Å²) >= 11 is 7.42. The fourth-order valence-electron chi connectivity index (χ4n) is 3.01. The normalized spacial score (nSPS) is 11.5. The van der Waals surface area contributed by atoms with E-state index in [1.54, 1.807) is 68.4 Å². The van der Waals surface area contributed by atoms with Crippen LogP contribution in [-0.4, -0.2) is 30.4 Å². The summed E-state index contributed by atoms with van der Waals surface area (Å²) in [5.41, 5.74) is 1.04. The van der Waals surface area contributed by atoms with Gasteiger partial charge in [0.15, 0.2) is 6.61 Å². The highest BCUT2D eigenvalue weighted by Gasteiger charge is 2.26. The maximum Gasteiger partial charge on any atom is 0.329 e. The summed E-state index contributed by atoms with van der Waals surface area (Å²) in [4.78, 5) is 39.4. The average molecular weight is 497 g/mol. The number of para-hydroxylation sites is 1. The third-order valence-electron chi connectivity index (χ3n) is 4.79. The highest BCUT2D eigenvalue weighted by Crippen LogP contribution is 2.33. The number of benzene rings is 3.